The Morgan fingerprint density at radius 1 is 1.12 bits per heavy atom. The van der Waals surface area contributed by atoms with E-state index >= 15 is 0 Å². The van der Waals surface area contributed by atoms with Crippen molar-refractivity contribution in [1.82, 2.24) is 0 Å². The molecule has 0 radical (unpaired) electrons. The molecule has 6 nitrogen and oxygen atoms in total. The first-order valence-electron chi connectivity index (χ1n) is 7.84. The number of benzene rings is 2. The van der Waals surface area contributed by atoms with Gasteiger partial charge in [0.05, 0.1) is 28.3 Å². The van der Waals surface area contributed by atoms with Gasteiger partial charge >= 0.3 is 35.5 Å². The minimum absolute atomic E-state index is 0. The van der Waals surface area contributed by atoms with Gasteiger partial charge in [0.1, 0.15) is 5.75 Å². The van der Waals surface area contributed by atoms with Crippen LogP contribution in [0.25, 0.3) is 10.8 Å². The maximum atomic E-state index is 10.8. The predicted molar refractivity (Wildman–Crippen MR) is 94.5 cm³/mol. The van der Waals surface area contributed by atoms with E-state index in [2.05, 4.69) is 0 Å². The molecule has 0 heterocycles. The van der Waals surface area contributed by atoms with Gasteiger partial charge in [-0.2, -0.15) is 0 Å². The third-order valence-electron chi connectivity index (χ3n) is 3.53. The number of rotatable bonds is 5. The molecule has 0 aromatic heterocycles. The standard InChI is InChI=1S/C14H14O3.C5H11NO2.Na/c1-9(14(15)16)10-3-4-12-8-13(17-2)6-5-11(12)7-10;1-6(2,3)4-5(7)8;/h3-9H,1-2H3,(H,15,16);4H2,1-3H3;/q;;+1/t9-;;/m0../s1. The summed E-state index contributed by atoms with van der Waals surface area (Å²) in [6, 6.07) is 11.3. The molecule has 2 rings (SSSR count). The number of hydrogen-bond donors (Lipinski definition) is 1. The second-order valence-electron chi connectivity index (χ2n) is 6.86. The van der Waals surface area contributed by atoms with Crippen LogP contribution < -0.4 is 39.4 Å². The van der Waals surface area contributed by atoms with Crippen molar-refractivity contribution in [2.45, 2.75) is 12.8 Å². The zero-order valence-corrected chi connectivity index (χ0v) is 18.3. The fourth-order valence-corrected chi connectivity index (χ4v) is 2.18. The van der Waals surface area contributed by atoms with Gasteiger partial charge in [-0.15, -0.1) is 0 Å². The van der Waals surface area contributed by atoms with Gasteiger partial charge in [-0.05, 0) is 28.5 Å². The number of aliphatic carboxylic acids is 2. The largest absolute Gasteiger partial charge is 1.00 e. The molecule has 0 bridgehead atoms. The maximum Gasteiger partial charge on any atom is 1.00 e. The van der Waals surface area contributed by atoms with Crippen molar-refractivity contribution in [3.63, 3.8) is 0 Å². The number of hydrogen-bond acceptors (Lipinski definition) is 4. The van der Waals surface area contributed by atoms with E-state index in [1.54, 1.807) is 14.0 Å². The van der Waals surface area contributed by atoms with E-state index in [0.717, 1.165) is 22.1 Å². The van der Waals surface area contributed by atoms with Crippen LogP contribution in [0.5, 0.6) is 5.75 Å². The minimum atomic E-state index is -1.06. The number of carboxylic acids is 2. The molecule has 0 aliphatic rings. The van der Waals surface area contributed by atoms with Crippen LogP contribution in [0.15, 0.2) is 36.4 Å². The Labute approximate surface area is 176 Å². The van der Waals surface area contributed by atoms with Crippen LogP contribution in [0.2, 0.25) is 0 Å². The van der Waals surface area contributed by atoms with Gasteiger partial charge in [0.15, 0.2) is 6.54 Å². The summed E-state index contributed by atoms with van der Waals surface area (Å²) in [5.74, 6) is -1.62. The third-order valence-corrected chi connectivity index (χ3v) is 3.53. The second-order valence-corrected chi connectivity index (χ2v) is 6.86. The van der Waals surface area contributed by atoms with E-state index in [1.807, 2.05) is 57.5 Å². The van der Waals surface area contributed by atoms with Crippen LogP contribution in [-0.2, 0) is 9.59 Å². The second kappa shape index (κ2) is 10.5. The Balaban J connectivity index is 0.000000597. The van der Waals surface area contributed by atoms with Crippen LogP contribution in [0.4, 0.5) is 0 Å². The Kier molecular flexibility index (Phi) is 9.88. The van der Waals surface area contributed by atoms with Gasteiger partial charge in [0.25, 0.3) is 0 Å². The molecule has 0 saturated carbocycles. The van der Waals surface area contributed by atoms with E-state index in [-0.39, 0.29) is 36.1 Å². The Morgan fingerprint density at radius 3 is 2.08 bits per heavy atom. The van der Waals surface area contributed by atoms with Crippen LogP contribution in [-0.4, -0.2) is 56.3 Å². The Bertz CT molecular complexity index is 755. The zero-order valence-electron chi connectivity index (χ0n) is 16.3. The topological polar surface area (TPSA) is 86.7 Å². The minimum Gasteiger partial charge on any atom is -0.550 e. The van der Waals surface area contributed by atoms with Gasteiger partial charge in [0.2, 0.25) is 0 Å². The number of carbonyl (C=O) groups is 2. The molecule has 1 atom stereocenters. The molecule has 2 aromatic rings. The summed E-state index contributed by atoms with van der Waals surface area (Å²) in [5, 5.41) is 21.1. The average molecular weight is 370 g/mol. The van der Waals surface area contributed by atoms with E-state index in [0.29, 0.717) is 4.48 Å². The summed E-state index contributed by atoms with van der Waals surface area (Å²) < 4.78 is 5.62. The van der Waals surface area contributed by atoms with Crippen LogP contribution in [0.1, 0.15) is 18.4 Å². The molecule has 0 fully saturated rings. The summed E-state index contributed by atoms with van der Waals surface area (Å²) in [6.07, 6.45) is 0. The fourth-order valence-electron chi connectivity index (χ4n) is 2.18. The first-order chi connectivity index (χ1) is 11.5. The van der Waals surface area contributed by atoms with E-state index in [1.165, 1.54) is 0 Å². The van der Waals surface area contributed by atoms with Crippen LogP contribution >= 0.6 is 0 Å². The predicted octanol–water partition coefficient (Wildman–Crippen LogP) is -1.52. The maximum absolute atomic E-state index is 10.8. The quantitative estimate of drug-likeness (QED) is 0.511. The summed E-state index contributed by atoms with van der Waals surface area (Å²) in [7, 11) is 7.14. The molecule has 26 heavy (non-hydrogen) atoms. The summed E-state index contributed by atoms with van der Waals surface area (Å²) in [4.78, 5) is 20.8. The van der Waals surface area contributed by atoms with Crippen LogP contribution in [0.3, 0.4) is 0 Å². The van der Waals surface area contributed by atoms with Crippen molar-refractivity contribution in [2.75, 3.05) is 34.8 Å². The monoisotopic (exact) mass is 370 g/mol. The van der Waals surface area contributed by atoms with Gasteiger partial charge in [0, 0.05) is 11.9 Å². The SMILES string of the molecule is COc1ccc2cc([C@H](C)C(=O)[O-])ccc2c1.C[N+](C)(C)CC(=O)O.[Na+]. The molecule has 7 heteroatoms. The average Bonchev–Trinajstić information content (AvgIpc) is 2.51. The van der Waals surface area contributed by atoms with Crippen molar-refractivity contribution >= 4 is 22.7 Å². The molecule has 2 aromatic carbocycles. The number of likely N-dealkylation sites (N-methyl/N-ethyl adjacent to an activating group) is 1. The van der Waals surface area contributed by atoms with Gasteiger partial charge < -0.3 is 24.2 Å². The summed E-state index contributed by atoms with van der Waals surface area (Å²) in [5.41, 5.74) is 0.752. The molecule has 1 N–H and O–H groups in total. The first kappa shape index (κ1) is 24.4. The third kappa shape index (κ3) is 8.19. The molecule has 0 aliphatic carbocycles. The number of ether oxygens (including phenoxy) is 1. The van der Waals surface area contributed by atoms with Crippen molar-refractivity contribution < 1.29 is 58.6 Å². The zero-order chi connectivity index (χ0) is 19.2. The van der Waals surface area contributed by atoms with Gasteiger partial charge in [-0.25, -0.2) is 4.79 Å². The van der Waals surface area contributed by atoms with E-state index in [9.17, 15) is 14.7 Å². The summed E-state index contributed by atoms with van der Waals surface area (Å²) >= 11 is 0. The van der Waals surface area contributed by atoms with Crippen LogP contribution in [0, 0.1) is 0 Å². The van der Waals surface area contributed by atoms with E-state index < -0.39 is 17.9 Å². The first-order valence-corrected chi connectivity index (χ1v) is 7.84. The molecule has 0 spiro atoms. The Morgan fingerprint density at radius 2 is 1.65 bits per heavy atom. The molecule has 136 valence electrons. The molecule has 0 saturated heterocycles. The molecule has 0 amide bonds. The number of nitrogens with zero attached hydrogens (tertiary/aromatic N) is 1. The molecule has 0 unspecified atom stereocenters. The molecule has 0 aliphatic heterocycles. The van der Waals surface area contributed by atoms with E-state index in [4.69, 9.17) is 9.84 Å². The summed E-state index contributed by atoms with van der Waals surface area (Å²) in [6.45, 7) is 1.81. The number of methoxy groups -OCH3 is 1. The molecular weight excluding hydrogens is 345 g/mol. The Hall–Kier alpha value is -1.60. The molecular formula is C19H25NNaO5+. The number of fused-ring (bicyclic) bond motifs is 1. The van der Waals surface area contributed by atoms with Crippen molar-refractivity contribution in [2.24, 2.45) is 0 Å². The van der Waals surface area contributed by atoms with Crippen molar-refractivity contribution in [3.05, 3.63) is 42.0 Å². The normalized spacial score (nSPS) is 11.6. The number of carboxylic acid groups (broad SMARTS) is 2. The van der Waals surface area contributed by atoms with Gasteiger partial charge in [-0.3, -0.25) is 0 Å². The number of carbonyl (C=O) groups excluding carboxylic acids is 1. The smallest absolute Gasteiger partial charge is 0.550 e. The van der Waals surface area contributed by atoms with Crippen molar-refractivity contribution in [1.29, 1.82) is 0 Å². The van der Waals surface area contributed by atoms with Crippen molar-refractivity contribution in [3.8, 4) is 5.75 Å². The fraction of sp³-hybridized carbons (Fsp3) is 0.368. The van der Waals surface area contributed by atoms with Gasteiger partial charge in [-0.1, -0.05) is 31.2 Å². The number of quaternary nitrogens is 1.